The maximum atomic E-state index is 10.7. The summed E-state index contributed by atoms with van der Waals surface area (Å²) >= 11 is 0. The van der Waals surface area contributed by atoms with E-state index in [0.29, 0.717) is 12.8 Å². The third kappa shape index (κ3) is 4.03. The average Bonchev–Trinajstić information content (AvgIpc) is 2.56. The Kier molecular flexibility index (Phi) is 5.08. The Labute approximate surface area is 131 Å². The zero-order valence-electron chi connectivity index (χ0n) is 12.9. The van der Waals surface area contributed by atoms with E-state index in [2.05, 4.69) is 5.92 Å². The molecule has 3 heteroatoms. The second kappa shape index (κ2) is 7.02. The molecular weight excluding hydrogens is 276 g/mol. The summed E-state index contributed by atoms with van der Waals surface area (Å²) in [6.07, 6.45) is 6.34. The van der Waals surface area contributed by atoms with Crippen molar-refractivity contribution >= 4 is 0 Å². The van der Waals surface area contributed by atoms with Crippen molar-refractivity contribution in [3.8, 4) is 23.8 Å². The van der Waals surface area contributed by atoms with Gasteiger partial charge < -0.3 is 14.6 Å². The summed E-state index contributed by atoms with van der Waals surface area (Å²) in [7, 11) is 3.24. The van der Waals surface area contributed by atoms with Crippen LogP contribution in [-0.2, 0) is 12.8 Å². The molecule has 0 saturated heterocycles. The summed E-state index contributed by atoms with van der Waals surface area (Å²) in [5, 5.41) is 10.7. The molecular formula is C19H20O3. The van der Waals surface area contributed by atoms with Crippen LogP contribution in [0.5, 0.6) is 11.5 Å². The molecule has 0 aliphatic carbocycles. The van der Waals surface area contributed by atoms with Gasteiger partial charge in [0.15, 0.2) is 0 Å². The molecule has 0 aliphatic heterocycles. The molecule has 0 saturated carbocycles. The molecule has 2 aromatic carbocycles. The van der Waals surface area contributed by atoms with Gasteiger partial charge in [-0.2, -0.15) is 0 Å². The van der Waals surface area contributed by atoms with Crippen LogP contribution >= 0.6 is 0 Å². The van der Waals surface area contributed by atoms with Crippen molar-refractivity contribution in [1.82, 2.24) is 0 Å². The largest absolute Gasteiger partial charge is 0.497 e. The molecule has 0 atom stereocenters. The molecule has 0 amide bonds. The fraction of sp³-hybridized carbons (Fsp3) is 0.263. The summed E-state index contributed by atoms with van der Waals surface area (Å²) in [6, 6.07) is 15.1. The van der Waals surface area contributed by atoms with E-state index in [1.807, 2.05) is 48.5 Å². The molecule has 3 nitrogen and oxygen atoms in total. The van der Waals surface area contributed by atoms with Crippen LogP contribution in [0.25, 0.3) is 0 Å². The average molecular weight is 296 g/mol. The molecule has 0 aliphatic rings. The van der Waals surface area contributed by atoms with Gasteiger partial charge in [-0.25, -0.2) is 0 Å². The minimum atomic E-state index is -1.22. The second-order valence-corrected chi connectivity index (χ2v) is 5.23. The summed E-state index contributed by atoms with van der Waals surface area (Å²) in [5.41, 5.74) is 0.716. The van der Waals surface area contributed by atoms with Crippen LogP contribution in [0.15, 0.2) is 48.5 Å². The van der Waals surface area contributed by atoms with Gasteiger partial charge in [-0.15, -0.1) is 6.42 Å². The molecule has 22 heavy (non-hydrogen) atoms. The molecule has 0 fully saturated rings. The predicted molar refractivity (Wildman–Crippen MR) is 87.2 cm³/mol. The van der Waals surface area contributed by atoms with Crippen molar-refractivity contribution in [2.24, 2.45) is 0 Å². The molecule has 0 bridgehead atoms. The highest BCUT2D eigenvalue weighted by molar-refractivity contribution is 5.33. The summed E-state index contributed by atoms with van der Waals surface area (Å²) in [6.45, 7) is 0. The van der Waals surface area contributed by atoms with Crippen LogP contribution in [0.3, 0.4) is 0 Å². The summed E-state index contributed by atoms with van der Waals surface area (Å²) in [5.74, 6) is 4.09. The van der Waals surface area contributed by atoms with Crippen LogP contribution in [0, 0.1) is 12.3 Å². The van der Waals surface area contributed by atoms with E-state index in [-0.39, 0.29) is 0 Å². The van der Waals surface area contributed by atoms with E-state index in [1.165, 1.54) is 0 Å². The maximum Gasteiger partial charge on any atom is 0.133 e. The summed E-state index contributed by atoms with van der Waals surface area (Å²) in [4.78, 5) is 0. The molecule has 114 valence electrons. The zero-order valence-corrected chi connectivity index (χ0v) is 12.9. The number of ether oxygens (including phenoxy) is 2. The van der Waals surface area contributed by atoms with Gasteiger partial charge in [0.25, 0.3) is 0 Å². The number of benzene rings is 2. The Balaban J connectivity index is 2.11. The van der Waals surface area contributed by atoms with E-state index in [9.17, 15) is 5.11 Å². The molecule has 0 radical (unpaired) electrons. The third-order valence-electron chi connectivity index (χ3n) is 3.58. The first-order valence-electron chi connectivity index (χ1n) is 7.04. The lowest BCUT2D eigenvalue weighted by Crippen LogP contribution is -2.32. The number of methoxy groups -OCH3 is 2. The van der Waals surface area contributed by atoms with E-state index in [0.717, 1.165) is 22.6 Å². The third-order valence-corrected chi connectivity index (χ3v) is 3.58. The van der Waals surface area contributed by atoms with Crippen molar-refractivity contribution in [1.29, 1.82) is 0 Å². The first-order valence-corrected chi connectivity index (χ1v) is 7.04. The molecule has 2 rings (SSSR count). The molecule has 0 spiro atoms. The van der Waals surface area contributed by atoms with Crippen LogP contribution in [0.2, 0.25) is 0 Å². The number of rotatable bonds is 6. The Morgan fingerprint density at radius 1 is 0.864 bits per heavy atom. The van der Waals surface area contributed by atoms with Gasteiger partial charge in [-0.3, -0.25) is 0 Å². The zero-order chi connectivity index (χ0) is 16.0. The van der Waals surface area contributed by atoms with Gasteiger partial charge in [0.1, 0.15) is 17.1 Å². The van der Waals surface area contributed by atoms with E-state index in [1.54, 1.807) is 14.2 Å². The lowest BCUT2D eigenvalue weighted by atomic mass is 9.89. The van der Waals surface area contributed by atoms with Crippen molar-refractivity contribution in [3.63, 3.8) is 0 Å². The number of terminal acetylenes is 1. The van der Waals surface area contributed by atoms with Gasteiger partial charge in [0.2, 0.25) is 0 Å². The monoisotopic (exact) mass is 296 g/mol. The van der Waals surface area contributed by atoms with Gasteiger partial charge in [0.05, 0.1) is 14.2 Å². The highest BCUT2D eigenvalue weighted by Gasteiger charge is 2.25. The quantitative estimate of drug-likeness (QED) is 0.833. The minimum Gasteiger partial charge on any atom is -0.497 e. The first kappa shape index (κ1) is 15.9. The highest BCUT2D eigenvalue weighted by atomic mass is 16.5. The lowest BCUT2D eigenvalue weighted by molar-refractivity contribution is 0.102. The van der Waals surface area contributed by atoms with Crippen LogP contribution < -0.4 is 9.47 Å². The number of hydrogen-bond acceptors (Lipinski definition) is 3. The maximum absolute atomic E-state index is 10.7. The fourth-order valence-corrected chi connectivity index (χ4v) is 2.33. The SMILES string of the molecule is C#CC(O)(Cc1ccc(OC)cc1)Cc1ccc(OC)cc1. The van der Waals surface area contributed by atoms with Crippen molar-refractivity contribution in [2.45, 2.75) is 18.4 Å². The molecule has 0 heterocycles. The normalized spacial score (nSPS) is 10.8. The Bertz CT molecular complexity index is 586. The minimum absolute atomic E-state index is 0.388. The molecule has 2 aromatic rings. The second-order valence-electron chi connectivity index (χ2n) is 5.23. The van der Waals surface area contributed by atoms with Gasteiger partial charge >= 0.3 is 0 Å². The van der Waals surface area contributed by atoms with Crippen molar-refractivity contribution < 1.29 is 14.6 Å². The van der Waals surface area contributed by atoms with Crippen molar-refractivity contribution in [2.75, 3.05) is 14.2 Å². The van der Waals surface area contributed by atoms with E-state index < -0.39 is 5.60 Å². The van der Waals surface area contributed by atoms with Crippen LogP contribution in [-0.4, -0.2) is 24.9 Å². The number of hydrogen-bond donors (Lipinski definition) is 1. The molecule has 0 aromatic heterocycles. The van der Waals surface area contributed by atoms with E-state index >= 15 is 0 Å². The Hall–Kier alpha value is -2.44. The standard InChI is InChI=1S/C19H20O3/c1-4-19(20,13-15-5-9-17(21-2)10-6-15)14-16-7-11-18(22-3)12-8-16/h1,5-12,20H,13-14H2,2-3H3. The van der Waals surface area contributed by atoms with Gasteiger partial charge in [0, 0.05) is 12.8 Å². The summed E-state index contributed by atoms with van der Waals surface area (Å²) < 4.78 is 10.3. The predicted octanol–water partition coefficient (Wildman–Crippen LogP) is 2.85. The Morgan fingerprint density at radius 2 is 1.23 bits per heavy atom. The van der Waals surface area contributed by atoms with Crippen molar-refractivity contribution in [3.05, 3.63) is 59.7 Å². The Morgan fingerprint density at radius 3 is 1.50 bits per heavy atom. The molecule has 1 N–H and O–H groups in total. The smallest absolute Gasteiger partial charge is 0.133 e. The van der Waals surface area contributed by atoms with Crippen LogP contribution in [0.1, 0.15) is 11.1 Å². The fourth-order valence-electron chi connectivity index (χ4n) is 2.33. The van der Waals surface area contributed by atoms with Crippen LogP contribution in [0.4, 0.5) is 0 Å². The number of aliphatic hydroxyl groups is 1. The first-order chi connectivity index (χ1) is 10.6. The molecule has 0 unspecified atom stereocenters. The topological polar surface area (TPSA) is 38.7 Å². The highest BCUT2D eigenvalue weighted by Crippen LogP contribution is 2.22. The van der Waals surface area contributed by atoms with E-state index in [4.69, 9.17) is 15.9 Å². The lowest BCUT2D eigenvalue weighted by Gasteiger charge is -2.22. The van der Waals surface area contributed by atoms with Gasteiger partial charge in [-0.1, -0.05) is 30.2 Å². The van der Waals surface area contributed by atoms with Gasteiger partial charge in [-0.05, 0) is 35.4 Å².